The van der Waals surface area contributed by atoms with Crippen molar-refractivity contribution in [2.24, 2.45) is 0 Å². The molecule has 1 fully saturated rings. The molecular formula is C79H85N7O6. The zero-order valence-corrected chi connectivity index (χ0v) is 53.8. The van der Waals surface area contributed by atoms with Crippen LogP contribution in [0.2, 0.25) is 0 Å². The van der Waals surface area contributed by atoms with Gasteiger partial charge in [-0.1, -0.05) is 49.4 Å². The van der Waals surface area contributed by atoms with Crippen LogP contribution in [0.25, 0.3) is 0 Å². The molecule has 0 spiro atoms. The molecule has 3 aromatic heterocycles. The molecule has 13 nitrogen and oxygen atoms in total. The molecule has 1 aliphatic heterocycles. The van der Waals surface area contributed by atoms with Crippen LogP contribution >= 0.6 is 0 Å². The minimum Gasteiger partial charge on any atom is -0.478 e. The molecule has 9 aromatic rings. The topological polar surface area (TPSA) is 164 Å². The summed E-state index contributed by atoms with van der Waals surface area (Å²) in [5.74, 6) is -1.20. The first-order valence-electron chi connectivity index (χ1n) is 32.8. The molecule has 3 aliphatic carbocycles. The molecule has 6 aromatic carbocycles. The standard InChI is InChI=1S/C28H31N3O2.C26H28N2O2.C25H26N2O2/c1-30(23-8-10-24(11-9-23)31-16-2-3-17-31)25-12-13-26-20(4-6-21(26)18-25)5-7-22-19-29-15-14-27(22)28(32)33;1-3-18-4-10-22(11-5-18)28(2)23-12-13-24-19(6-8-20(24)16-23)7-9-21-17-27-15-14-25(21)26(29)30;1-17-4-3-5-21(14-17)27(2)22-10-11-23-18(6-8-19(23)15-22)7-9-20-16-26-13-12-24(20)25(28)29/h8-15,18-20H,2-7,16-17H2,1H3,(H,32,33);4-5,10-17,19H,3,6-9H2,1-2H3,(H,29,30);3-5,10-16,18H,6-9H2,1-2H3,(H,28,29)/t20-;19-;18-/m000/s1. The molecule has 0 saturated carbocycles. The molecule has 3 N–H and O–H groups in total. The predicted molar refractivity (Wildman–Crippen MR) is 370 cm³/mol. The van der Waals surface area contributed by atoms with Crippen molar-refractivity contribution in [1.82, 2.24) is 15.0 Å². The van der Waals surface area contributed by atoms with Crippen LogP contribution < -0.4 is 19.6 Å². The van der Waals surface area contributed by atoms with Crippen LogP contribution in [0, 0.1) is 6.92 Å². The molecule has 1 saturated heterocycles. The van der Waals surface area contributed by atoms with Crippen LogP contribution in [0.4, 0.5) is 39.8 Å². The van der Waals surface area contributed by atoms with Gasteiger partial charge in [0.05, 0.1) is 16.7 Å². The fourth-order valence-corrected chi connectivity index (χ4v) is 14.2. The second-order valence-electron chi connectivity index (χ2n) is 25.2. The average Bonchev–Trinajstić information content (AvgIpc) is 1.95. The summed E-state index contributed by atoms with van der Waals surface area (Å²) < 4.78 is 0. The van der Waals surface area contributed by atoms with Crippen molar-refractivity contribution in [3.63, 3.8) is 0 Å². The molecular weight excluding hydrogens is 1140 g/mol. The van der Waals surface area contributed by atoms with Gasteiger partial charge >= 0.3 is 17.9 Å². The Labute approximate surface area is 542 Å². The lowest BCUT2D eigenvalue weighted by molar-refractivity contribution is 0.0684. The second-order valence-corrected chi connectivity index (χ2v) is 25.2. The van der Waals surface area contributed by atoms with Crippen molar-refractivity contribution >= 4 is 57.7 Å². The van der Waals surface area contributed by atoms with E-state index < -0.39 is 17.9 Å². The van der Waals surface area contributed by atoms with Crippen LogP contribution in [-0.4, -0.2) is 82.4 Å². The number of hydrogen-bond acceptors (Lipinski definition) is 10. The van der Waals surface area contributed by atoms with Gasteiger partial charge in [0.25, 0.3) is 0 Å². The largest absolute Gasteiger partial charge is 0.478 e. The van der Waals surface area contributed by atoms with E-state index in [1.165, 1.54) is 110 Å². The maximum absolute atomic E-state index is 11.5. The number of hydrogen-bond donors (Lipinski definition) is 3. The first-order valence-corrected chi connectivity index (χ1v) is 32.8. The number of carboxylic acid groups (broad SMARTS) is 3. The highest BCUT2D eigenvalue weighted by Gasteiger charge is 2.28. The number of benzene rings is 6. The molecule has 0 radical (unpaired) electrons. The Morgan fingerprint density at radius 3 is 1.18 bits per heavy atom. The van der Waals surface area contributed by atoms with Crippen molar-refractivity contribution in [3.8, 4) is 0 Å². The molecule has 92 heavy (non-hydrogen) atoms. The number of fused-ring (bicyclic) bond motifs is 3. The van der Waals surface area contributed by atoms with Crippen LogP contribution in [0.1, 0.15) is 168 Å². The Bertz CT molecular complexity index is 4050. The Hall–Kier alpha value is -9.62. The molecule has 0 amide bonds. The van der Waals surface area contributed by atoms with Crippen molar-refractivity contribution < 1.29 is 29.7 Å². The summed E-state index contributed by atoms with van der Waals surface area (Å²) in [5, 5.41) is 28.2. The maximum Gasteiger partial charge on any atom is 0.336 e. The van der Waals surface area contributed by atoms with Gasteiger partial charge in [0.1, 0.15) is 0 Å². The highest BCUT2D eigenvalue weighted by molar-refractivity contribution is 5.90. The van der Waals surface area contributed by atoms with E-state index in [2.05, 4.69) is 197 Å². The van der Waals surface area contributed by atoms with E-state index in [9.17, 15) is 29.7 Å². The summed E-state index contributed by atoms with van der Waals surface area (Å²) in [6.45, 7) is 6.62. The summed E-state index contributed by atoms with van der Waals surface area (Å²) in [5.41, 5.74) is 23.2. The van der Waals surface area contributed by atoms with Gasteiger partial charge in [-0.25, -0.2) is 14.4 Å². The molecule has 472 valence electrons. The van der Waals surface area contributed by atoms with Gasteiger partial charge in [-0.3, -0.25) is 15.0 Å². The van der Waals surface area contributed by atoms with Crippen molar-refractivity contribution in [2.75, 3.05) is 53.8 Å². The van der Waals surface area contributed by atoms with Gasteiger partial charge in [0, 0.05) is 111 Å². The highest BCUT2D eigenvalue weighted by Crippen LogP contribution is 2.43. The number of nitrogens with zero attached hydrogens (tertiary/aromatic N) is 7. The van der Waals surface area contributed by atoms with E-state index in [-0.39, 0.29) is 0 Å². The summed E-state index contributed by atoms with van der Waals surface area (Å²) in [6.07, 6.45) is 25.0. The lowest BCUT2D eigenvalue weighted by Crippen LogP contribution is -2.17. The van der Waals surface area contributed by atoms with E-state index in [4.69, 9.17) is 0 Å². The van der Waals surface area contributed by atoms with Crippen LogP contribution in [-0.2, 0) is 44.9 Å². The molecule has 4 aliphatic rings. The van der Waals surface area contributed by atoms with E-state index in [0.717, 1.165) is 100 Å². The monoisotopic (exact) mass is 1230 g/mol. The quantitative estimate of drug-likeness (QED) is 0.0661. The third-order valence-corrected chi connectivity index (χ3v) is 19.7. The number of carbonyl (C=O) groups is 3. The van der Waals surface area contributed by atoms with Gasteiger partial charge in [0.2, 0.25) is 0 Å². The number of rotatable bonds is 20. The molecule has 0 unspecified atom stereocenters. The first kappa shape index (κ1) is 63.9. The summed E-state index contributed by atoms with van der Waals surface area (Å²) in [4.78, 5) is 55.9. The van der Waals surface area contributed by atoms with E-state index in [1.807, 2.05) is 0 Å². The molecule has 3 atom stereocenters. The van der Waals surface area contributed by atoms with E-state index in [0.29, 0.717) is 34.4 Å². The lowest BCUT2D eigenvalue weighted by atomic mass is 9.93. The Balaban J connectivity index is 0.000000142. The average molecular weight is 1230 g/mol. The summed E-state index contributed by atoms with van der Waals surface area (Å²) in [7, 11) is 6.36. The normalized spacial score (nSPS) is 15.9. The minimum absolute atomic E-state index is 0.369. The van der Waals surface area contributed by atoms with Gasteiger partial charge in [-0.05, 0) is 285 Å². The third kappa shape index (κ3) is 15.1. The molecule has 4 heterocycles. The zero-order valence-electron chi connectivity index (χ0n) is 53.8. The highest BCUT2D eigenvalue weighted by atomic mass is 16.4. The number of carboxylic acids is 3. The van der Waals surface area contributed by atoms with E-state index in [1.54, 1.807) is 55.4 Å². The Morgan fingerprint density at radius 1 is 0.457 bits per heavy atom. The number of aromatic nitrogens is 3. The maximum atomic E-state index is 11.5. The van der Waals surface area contributed by atoms with Gasteiger partial charge in [0.15, 0.2) is 0 Å². The number of pyridine rings is 3. The SMILES string of the molecule is CCc1ccc(N(C)c2ccc3c(c2)CC[C@H]3CCc2cnccc2C(=O)O)cc1.CN(c1ccc(N2CCCC2)cc1)c1ccc2c(c1)CC[C@H]2CCc1cnccc1C(=O)O.Cc1cccc(N(C)c2ccc3c(c2)CC[C@H]3CCc2cnccc2C(=O)O)c1. The number of anilines is 7. The van der Waals surface area contributed by atoms with Crippen LogP contribution in [0.3, 0.4) is 0 Å². The summed E-state index contributed by atoms with van der Waals surface area (Å²) >= 11 is 0. The predicted octanol–water partition coefficient (Wildman–Crippen LogP) is 17.1. The van der Waals surface area contributed by atoms with Crippen molar-refractivity contribution in [2.45, 2.75) is 128 Å². The minimum atomic E-state index is -0.877. The van der Waals surface area contributed by atoms with Crippen LogP contribution in [0.15, 0.2) is 183 Å². The van der Waals surface area contributed by atoms with E-state index >= 15 is 0 Å². The molecule has 13 heteroatoms. The van der Waals surface area contributed by atoms with Crippen molar-refractivity contribution in [3.05, 3.63) is 261 Å². The van der Waals surface area contributed by atoms with Crippen LogP contribution in [0.5, 0.6) is 0 Å². The Morgan fingerprint density at radius 2 is 0.815 bits per heavy atom. The fraction of sp³-hybridized carbons (Fsp3) is 0.316. The van der Waals surface area contributed by atoms with Gasteiger partial charge in [-0.15, -0.1) is 0 Å². The Kier molecular flexibility index (Phi) is 20.5. The molecule has 0 bridgehead atoms. The van der Waals surface area contributed by atoms with Gasteiger partial charge < -0.3 is 34.9 Å². The zero-order chi connectivity index (χ0) is 64.3. The fourth-order valence-electron chi connectivity index (χ4n) is 14.2. The molecule has 13 rings (SSSR count). The number of aromatic carboxylic acids is 3. The number of aryl methyl sites for hydroxylation is 8. The summed E-state index contributed by atoms with van der Waals surface area (Å²) in [6, 6.07) is 51.4. The van der Waals surface area contributed by atoms with Gasteiger partial charge in [-0.2, -0.15) is 0 Å². The van der Waals surface area contributed by atoms with Crippen molar-refractivity contribution in [1.29, 1.82) is 0 Å². The smallest absolute Gasteiger partial charge is 0.336 e. The first-order chi connectivity index (χ1) is 44.7. The second kappa shape index (κ2) is 29.6. The third-order valence-electron chi connectivity index (χ3n) is 19.7. The lowest BCUT2D eigenvalue weighted by Gasteiger charge is -2.23.